The van der Waals surface area contributed by atoms with Crippen LogP contribution in [0.1, 0.15) is 10.4 Å². The van der Waals surface area contributed by atoms with Crippen molar-refractivity contribution in [2.45, 2.75) is 0 Å². The minimum absolute atomic E-state index is 0.230. The molecule has 1 amide bonds. The third-order valence-corrected chi connectivity index (χ3v) is 3.30. The number of carbonyl (C=O) groups is 1. The molecule has 0 heterocycles. The van der Waals surface area contributed by atoms with E-state index in [1.165, 1.54) is 12.1 Å². The first-order valence-corrected chi connectivity index (χ1v) is 6.67. The van der Waals surface area contributed by atoms with E-state index in [2.05, 4.69) is 0 Å². The standard InChI is InChI=1S/C9H8Cl2NO4P/c10-7(11)9(17(14,15)16)12-8(13)6-4-2-1-3-5-6/h1-5H,(H,12,13)(H2,14,15,16). The van der Waals surface area contributed by atoms with Crippen molar-refractivity contribution < 1.29 is 19.1 Å². The van der Waals surface area contributed by atoms with Crippen LogP contribution in [0.3, 0.4) is 0 Å². The first-order chi connectivity index (χ1) is 7.82. The Kier molecular flexibility index (Phi) is 4.74. The van der Waals surface area contributed by atoms with Crippen LogP contribution >= 0.6 is 30.8 Å². The van der Waals surface area contributed by atoms with Crippen LogP contribution in [0.15, 0.2) is 40.3 Å². The molecule has 92 valence electrons. The summed E-state index contributed by atoms with van der Waals surface area (Å²) in [6, 6.07) is 7.88. The Morgan fingerprint density at radius 3 is 2.12 bits per heavy atom. The fourth-order valence-corrected chi connectivity index (χ4v) is 2.22. The second-order valence-electron chi connectivity index (χ2n) is 2.97. The fourth-order valence-electron chi connectivity index (χ4n) is 0.999. The summed E-state index contributed by atoms with van der Waals surface area (Å²) in [6.45, 7) is 0. The van der Waals surface area contributed by atoms with Gasteiger partial charge in [0.1, 0.15) is 4.49 Å². The summed E-state index contributed by atoms with van der Waals surface area (Å²) in [6.07, 6.45) is 0. The Morgan fingerprint density at radius 2 is 1.71 bits per heavy atom. The van der Waals surface area contributed by atoms with Crippen LogP contribution in [0.2, 0.25) is 0 Å². The zero-order valence-electron chi connectivity index (χ0n) is 8.30. The van der Waals surface area contributed by atoms with E-state index in [-0.39, 0.29) is 5.56 Å². The number of rotatable bonds is 3. The number of benzene rings is 1. The van der Waals surface area contributed by atoms with Crippen molar-refractivity contribution >= 4 is 36.7 Å². The van der Waals surface area contributed by atoms with Gasteiger partial charge >= 0.3 is 7.60 Å². The van der Waals surface area contributed by atoms with Crippen LogP contribution in [0.5, 0.6) is 0 Å². The molecule has 8 heteroatoms. The van der Waals surface area contributed by atoms with Gasteiger partial charge in [0.05, 0.1) is 0 Å². The lowest BCUT2D eigenvalue weighted by molar-refractivity contribution is 0.0966. The van der Waals surface area contributed by atoms with Gasteiger partial charge < -0.3 is 15.1 Å². The second-order valence-corrected chi connectivity index (χ2v) is 5.46. The molecular formula is C9H8Cl2NO4P. The highest BCUT2D eigenvalue weighted by Crippen LogP contribution is 2.46. The normalized spacial score (nSPS) is 10.8. The van der Waals surface area contributed by atoms with E-state index >= 15 is 0 Å². The topological polar surface area (TPSA) is 86.6 Å². The maximum Gasteiger partial charge on any atom is 0.374 e. The Bertz CT molecular complexity index is 493. The maximum atomic E-state index is 11.6. The number of hydrogen-bond donors (Lipinski definition) is 3. The first-order valence-electron chi connectivity index (χ1n) is 4.30. The Morgan fingerprint density at radius 1 is 1.18 bits per heavy atom. The van der Waals surface area contributed by atoms with E-state index < -0.39 is 23.4 Å². The smallest absolute Gasteiger partial charge is 0.320 e. The molecule has 0 saturated carbocycles. The molecule has 0 aliphatic carbocycles. The lowest BCUT2D eigenvalue weighted by atomic mass is 10.2. The van der Waals surface area contributed by atoms with Gasteiger partial charge in [0, 0.05) is 5.56 Å². The molecule has 0 saturated heterocycles. The SMILES string of the molecule is O=C(NC(=C(Cl)Cl)P(=O)(O)O)c1ccccc1. The van der Waals surface area contributed by atoms with Crippen LogP contribution in [-0.4, -0.2) is 15.7 Å². The lowest BCUT2D eigenvalue weighted by Crippen LogP contribution is -2.23. The molecule has 0 fully saturated rings. The van der Waals surface area contributed by atoms with E-state index in [0.29, 0.717) is 0 Å². The third-order valence-electron chi connectivity index (χ3n) is 1.74. The van der Waals surface area contributed by atoms with Gasteiger partial charge in [-0.25, -0.2) is 0 Å². The van der Waals surface area contributed by atoms with Gasteiger partial charge in [0.25, 0.3) is 5.91 Å². The maximum absolute atomic E-state index is 11.6. The van der Waals surface area contributed by atoms with Crippen LogP contribution in [0.25, 0.3) is 0 Å². The van der Waals surface area contributed by atoms with Crippen molar-refractivity contribution in [1.29, 1.82) is 0 Å². The van der Waals surface area contributed by atoms with E-state index in [1.54, 1.807) is 18.2 Å². The molecule has 17 heavy (non-hydrogen) atoms. The number of hydrogen-bond acceptors (Lipinski definition) is 2. The molecule has 3 N–H and O–H groups in total. The Balaban J connectivity index is 2.96. The van der Waals surface area contributed by atoms with Crippen LogP contribution in [0, 0.1) is 0 Å². The van der Waals surface area contributed by atoms with Gasteiger partial charge in [0.15, 0.2) is 5.44 Å². The molecule has 0 bridgehead atoms. The molecule has 0 spiro atoms. The summed E-state index contributed by atoms with van der Waals surface area (Å²) in [5.74, 6) is -0.706. The van der Waals surface area contributed by atoms with E-state index in [1.807, 2.05) is 5.32 Å². The predicted octanol–water partition coefficient (Wildman–Crippen LogP) is 2.20. The average Bonchev–Trinajstić information content (AvgIpc) is 2.24. The zero-order chi connectivity index (χ0) is 13.1. The van der Waals surface area contributed by atoms with Crippen molar-refractivity contribution in [2.75, 3.05) is 0 Å². The fraction of sp³-hybridized carbons (Fsp3) is 0. The summed E-state index contributed by atoms with van der Waals surface area (Å²) in [7, 11) is -4.72. The number of carbonyl (C=O) groups excluding carboxylic acids is 1. The van der Waals surface area contributed by atoms with Crippen LogP contribution < -0.4 is 5.32 Å². The summed E-state index contributed by atoms with van der Waals surface area (Å²) in [4.78, 5) is 29.4. The molecule has 0 aliphatic rings. The molecule has 0 aliphatic heterocycles. The molecule has 0 aromatic heterocycles. The third kappa shape index (κ3) is 4.15. The molecule has 1 aromatic rings. The largest absolute Gasteiger partial charge is 0.374 e. The van der Waals surface area contributed by atoms with Gasteiger partial charge in [-0.05, 0) is 12.1 Å². The molecule has 5 nitrogen and oxygen atoms in total. The number of nitrogens with one attached hydrogen (secondary N) is 1. The highest BCUT2D eigenvalue weighted by atomic mass is 35.5. The quantitative estimate of drug-likeness (QED) is 0.746. The minimum Gasteiger partial charge on any atom is -0.320 e. The molecule has 0 atom stereocenters. The monoisotopic (exact) mass is 295 g/mol. The summed E-state index contributed by atoms with van der Waals surface area (Å²) in [5, 5.41) is 1.99. The van der Waals surface area contributed by atoms with Gasteiger partial charge in [-0.1, -0.05) is 41.4 Å². The second kappa shape index (κ2) is 5.67. The van der Waals surface area contributed by atoms with Crippen LogP contribution in [-0.2, 0) is 4.57 Å². The minimum atomic E-state index is -4.72. The van der Waals surface area contributed by atoms with E-state index in [4.69, 9.17) is 33.0 Å². The molecule has 0 unspecified atom stereocenters. The number of amides is 1. The van der Waals surface area contributed by atoms with Gasteiger partial charge in [-0.2, -0.15) is 0 Å². The highest BCUT2D eigenvalue weighted by molar-refractivity contribution is 7.56. The average molecular weight is 296 g/mol. The number of halogens is 2. The summed E-state index contributed by atoms with van der Waals surface area (Å²) in [5.41, 5.74) is -0.581. The van der Waals surface area contributed by atoms with Crippen molar-refractivity contribution in [3.63, 3.8) is 0 Å². The molecule has 0 radical (unpaired) electrons. The van der Waals surface area contributed by atoms with E-state index in [9.17, 15) is 9.36 Å². The van der Waals surface area contributed by atoms with Gasteiger partial charge in [0.2, 0.25) is 0 Å². The zero-order valence-corrected chi connectivity index (χ0v) is 10.7. The molecule has 1 rings (SSSR count). The first kappa shape index (κ1) is 14.2. The lowest BCUT2D eigenvalue weighted by Gasteiger charge is -2.11. The summed E-state index contributed by atoms with van der Waals surface area (Å²) < 4.78 is 10.3. The van der Waals surface area contributed by atoms with Crippen LogP contribution in [0.4, 0.5) is 0 Å². The van der Waals surface area contributed by atoms with Crippen molar-refractivity contribution in [1.82, 2.24) is 5.32 Å². The van der Waals surface area contributed by atoms with Gasteiger partial charge in [-0.15, -0.1) is 0 Å². The van der Waals surface area contributed by atoms with Crippen molar-refractivity contribution in [3.05, 3.63) is 45.8 Å². The predicted molar refractivity (Wildman–Crippen MR) is 64.7 cm³/mol. The van der Waals surface area contributed by atoms with Gasteiger partial charge in [-0.3, -0.25) is 9.36 Å². The Hall–Kier alpha value is -0.840. The van der Waals surface area contributed by atoms with Crippen molar-refractivity contribution in [2.24, 2.45) is 0 Å². The van der Waals surface area contributed by atoms with E-state index in [0.717, 1.165) is 0 Å². The summed E-state index contributed by atoms with van der Waals surface area (Å²) >= 11 is 10.6. The highest BCUT2D eigenvalue weighted by Gasteiger charge is 2.26. The molecule has 1 aromatic carbocycles. The van der Waals surface area contributed by atoms with Crippen molar-refractivity contribution in [3.8, 4) is 0 Å². The molecular weight excluding hydrogens is 288 g/mol. The Labute approximate surface area is 107 Å².